The second-order valence-corrected chi connectivity index (χ2v) is 5.67. The third-order valence-electron chi connectivity index (χ3n) is 3.22. The number of allylic oxidation sites excluding steroid dienone is 25. The molecule has 0 fully saturated rings. The second kappa shape index (κ2) is 22.1. The molecule has 0 saturated heterocycles. The van der Waals surface area contributed by atoms with Crippen LogP contribution in [-0.2, 0) is 4.74 Å². The van der Waals surface area contributed by atoms with Crippen molar-refractivity contribution in [1.29, 1.82) is 0 Å². The first-order valence-electron chi connectivity index (χ1n) is 9.99. The van der Waals surface area contributed by atoms with E-state index in [1.54, 1.807) is 24.8 Å². The van der Waals surface area contributed by atoms with Crippen LogP contribution in [0.3, 0.4) is 0 Å². The van der Waals surface area contributed by atoms with Crippen LogP contribution in [0.5, 0.6) is 0 Å². The van der Waals surface area contributed by atoms with Crippen LogP contribution in [0.4, 0.5) is 0 Å². The quantitative estimate of drug-likeness (QED) is 0.402. The van der Waals surface area contributed by atoms with Gasteiger partial charge in [-0.15, -0.1) is 0 Å². The lowest BCUT2D eigenvalue weighted by Gasteiger charge is -1.84. The van der Waals surface area contributed by atoms with Crippen molar-refractivity contribution in [1.82, 2.24) is 0 Å². The Morgan fingerprint density at radius 1 is 0.290 bits per heavy atom. The van der Waals surface area contributed by atoms with Gasteiger partial charge in [-0.1, -0.05) is 140 Å². The number of aliphatic imine (C=N–C) groups is 1. The lowest BCUT2D eigenvalue weighted by Crippen LogP contribution is -1.65. The van der Waals surface area contributed by atoms with Crippen LogP contribution in [-0.4, -0.2) is 6.21 Å². The molecule has 31 heavy (non-hydrogen) atoms. The Balaban J connectivity index is 2.64. The Morgan fingerprint density at radius 2 is 0.581 bits per heavy atom. The van der Waals surface area contributed by atoms with E-state index in [-0.39, 0.29) is 0 Å². The summed E-state index contributed by atoms with van der Waals surface area (Å²) in [5, 5.41) is 0. The summed E-state index contributed by atoms with van der Waals surface area (Å²) in [6.07, 6.45) is 55.2. The first-order valence-corrected chi connectivity index (χ1v) is 9.99. The van der Waals surface area contributed by atoms with E-state index < -0.39 is 0 Å². The molecule has 1 heterocycles. The monoisotopic (exact) mass is 407 g/mol. The third-order valence-corrected chi connectivity index (χ3v) is 3.22. The van der Waals surface area contributed by atoms with Crippen LogP contribution in [0, 0.1) is 0 Å². The summed E-state index contributed by atoms with van der Waals surface area (Å²) in [6, 6.07) is 0. The van der Waals surface area contributed by atoms with Gasteiger partial charge in [-0.25, -0.2) is 0 Å². The number of nitrogens with zero attached hydrogens (tertiary/aromatic N) is 1. The number of rotatable bonds is 0. The van der Waals surface area contributed by atoms with E-state index in [4.69, 9.17) is 4.74 Å². The van der Waals surface area contributed by atoms with Gasteiger partial charge in [-0.05, 0) is 12.2 Å². The lowest BCUT2D eigenvalue weighted by molar-refractivity contribution is 0.402. The molecule has 0 aliphatic carbocycles. The molecule has 0 unspecified atom stereocenters. The molecule has 0 aromatic heterocycles. The predicted molar refractivity (Wildman–Crippen MR) is 138 cm³/mol. The maximum absolute atomic E-state index is 5.19. The molecule has 0 radical (unpaired) electrons. The highest BCUT2D eigenvalue weighted by atomic mass is 16.5. The number of hydrogen-bond acceptors (Lipinski definition) is 2. The van der Waals surface area contributed by atoms with Gasteiger partial charge in [0.25, 0.3) is 0 Å². The van der Waals surface area contributed by atoms with E-state index in [1.807, 2.05) is 146 Å². The van der Waals surface area contributed by atoms with Crippen molar-refractivity contribution in [3.63, 3.8) is 0 Å². The van der Waals surface area contributed by atoms with Crippen molar-refractivity contribution >= 4 is 6.21 Å². The first kappa shape index (κ1) is 24.9. The summed E-state index contributed by atoms with van der Waals surface area (Å²) in [5.74, 6) is 0. The molecular weight excluding hydrogens is 378 g/mol. The van der Waals surface area contributed by atoms with Crippen LogP contribution in [0.25, 0.3) is 0 Å². The van der Waals surface area contributed by atoms with Gasteiger partial charge >= 0.3 is 0 Å². The van der Waals surface area contributed by atoms with Gasteiger partial charge in [0.15, 0.2) is 0 Å². The molecule has 0 spiro atoms. The SMILES string of the molecule is C1=CC=CC=CC=C/C=C\C=CC=NC=COC=CC=CC=C/C=C\C=CC=CC=C1. The highest BCUT2D eigenvalue weighted by molar-refractivity contribution is 5.72. The number of hydrogen-bond donors (Lipinski definition) is 0. The van der Waals surface area contributed by atoms with Crippen LogP contribution >= 0.6 is 0 Å². The third kappa shape index (κ3) is 20.4. The van der Waals surface area contributed by atoms with Crippen LogP contribution in [0.15, 0.2) is 176 Å². The van der Waals surface area contributed by atoms with E-state index in [9.17, 15) is 0 Å². The normalized spacial score (nSPS) is 18.1. The van der Waals surface area contributed by atoms with Gasteiger partial charge in [-0.3, -0.25) is 4.99 Å². The Hall–Kier alpha value is -4.17. The lowest BCUT2D eigenvalue weighted by atomic mass is 10.3. The summed E-state index contributed by atoms with van der Waals surface area (Å²) < 4.78 is 5.19. The summed E-state index contributed by atoms with van der Waals surface area (Å²) >= 11 is 0. The molecule has 0 amide bonds. The zero-order valence-corrected chi connectivity index (χ0v) is 17.6. The standard InChI is InChI=1S/C29H29NO/c1-2-4-6-8-10-12-14-16-18-20-22-24-26-30-27-29-31-28-25-23-21-19-17-15-13-11-9-7-5-3-1/h1-29H/b3-1?,4-2?,7-5?,8-6?,11-9?,12-10?,15-13-,16-14?,19-17?,20-18-,23-21?,24-22?,28-25?,29-27?,30-26?. The topological polar surface area (TPSA) is 21.6 Å². The summed E-state index contributed by atoms with van der Waals surface area (Å²) in [5.41, 5.74) is 0. The summed E-state index contributed by atoms with van der Waals surface area (Å²) in [7, 11) is 0. The minimum atomic E-state index is 1.51. The highest BCUT2D eigenvalue weighted by Gasteiger charge is 1.69. The molecule has 1 aliphatic heterocycles. The van der Waals surface area contributed by atoms with Gasteiger partial charge in [0, 0.05) is 6.21 Å². The summed E-state index contributed by atoms with van der Waals surface area (Å²) in [6.45, 7) is 0. The predicted octanol–water partition coefficient (Wildman–Crippen LogP) is 7.75. The Labute approximate surface area is 186 Å². The summed E-state index contributed by atoms with van der Waals surface area (Å²) in [4.78, 5) is 4.07. The molecule has 1 aliphatic rings. The first-order chi connectivity index (χ1) is 15.5. The van der Waals surface area contributed by atoms with Gasteiger partial charge in [0.05, 0.1) is 12.5 Å². The smallest absolute Gasteiger partial charge is 0.108 e. The fraction of sp³-hybridized carbons (Fsp3) is 0. The maximum atomic E-state index is 5.19. The van der Waals surface area contributed by atoms with E-state index in [0.717, 1.165) is 0 Å². The average Bonchev–Trinajstić information content (AvgIpc) is 2.78. The zero-order chi connectivity index (χ0) is 21.9. The molecule has 2 nitrogen and oxygen atoms in total. The molecule has 1 rings (SSSR count). The van der Waals surface area contributed by atoms with Crippen LogP contribution < -0.4 is 0 Å². The van der Waals surface area contributed by atoms with E-state index >= 15 is 0 Å². The van der Waals surface area contributed by atoms with Crippen molar-refractivity contribution in [2.45, 2.75) is 0 Å². The second-order valence-electron chi connectivity index (χ2n) is 5.67. The van der Waals surface area contributed by atoms with Gasteiger partial charge < -0.3 is 4.74 Å². The van der Waals surface area contributed by atoms with Crippen molar-refractivity contribution in [2.75, 3.05) is 0 Å². The van der Waals surface area contributed by atoms with E-state index in [0.29, 0.717) is 0 Å². The molecular formula is C29H29NO. The van der Waals surface area contributed by atoms with Gasteiger partial charge in [0.2, 0.25) is 0 Å². The average molecular weight is 408 g/mol. The Bertz CT molecular complexity index is 828. The molecule has 0 aromatic rings. The molecule has 0 saturated carbocycles. The zero-order valence-electron chi connectivity index (χ0n) is 17.6. The van der Waals surface area contributed by atoms with Gasteiger partial charge in [-0.2, -0.15) is 0 Å². The fourth-order valence-electron chi connectivity index (χ4n) is 1.83. The Kier molecular flexibility index (Phi) is 17.7. The van der Waals surface area contributed by atoms with Crippen LogP contribution in [0.2, 0.25) is 0 Å². The largest absolute Gasteiger partial charge is 0.471 e. The minimum Gasteiger partial charge on any atom is -0.471 e. The molecule has 0 N–H and O–H groups in total. The molecule has 0 bridgehead atoms. The van der Waals surface area contributed by atoms with Crippen molar-refractivity contribution in [3.05, 3.63) is 171 Å². The van der Waals surface area contributed by atoms with Gasteiger partial charge in [0.1, 0.15) is 6.26 Å². The van der Waals surface area contributed by atoms with Crippen LogP contribution in [0.1, 0.15) is 0 Å². The Morgan fingerprint density at radius 3 is 0.935 bits per heavy atom. The number of ether oxygens (including phenoxy) is 1. The fourth-order valence-corrected chi connectivity index (χ4v) is 1.83. The van der Waals surface area contributed by atoms with E-state index in [1.165, 1.54) is 6.26 Å². The molecule has 2 heteroatoms. The molecule has 156 valence electrons. The van der Waals surface area contributed by atoms with Crippen molar-refractivity contribution in [3.8, 4) is 0 Å². The maximum Gasteiger partial charge on any atom is 0.108 e. The highest BCUT2D eigenvalue weighted by Crippen LogP contribution is 1.89. The minimum absolute atomic E-state index is 1.51. The van der Waals surface area contributed by atoms with Crippen molar-refractivity contribution < 1.29 is 4.74 Å². The molecule has 0 aromatic carbocycles. The van der Waals surface area contributed by atoms with E-state index in [2.05, 4.69) is 4.99 Å². The molecule has 0 atom stereocenters. The van der Waals surface area contributed by atoms with Crippen molar-refractivity contribution in [2.24, 2.45) is 4.99 Å².